The van der Waals surface area contributed by atoms with Gasteiger partial charge in [0.05, 0.1) is 24.4 Å². The summed E-state index contributed by atoms with van der Waals surface area (Å²) in [5.74, 6) is 0.489. The Morgan fingerprint density at radius 3 is 2.55 bits per heavy atom. The number of aromatic nitrogens is 3. The molecule has 0 aliphatic carbocycles. The van der Waals surface area contributed by atoms with Gasteiger partial charge in [-0.2, -0.15) is 10.4 Å². The fourth-order valence-corrected chi connectivity index (χ4v) is 3.19. The number of hydrogen-bond donors (Lipinski definition) is 1. The lowest BCUT2D eigenvalue weighted by molar-refractivity contribution is 0.0952. The number of benzene rings is 2. The molecule has 8 heteroatoms. The van der Waals surface area contributed by atoms with Gasteiger partial charge in [0, 0.05) is 36.6 Å². The van der Waals surface area contributed by atoms with E-state index in [0.29, 0.717) is 28.9 Å². The van der Waals surface area contributed by atoms with Gasteiger partial charge in [0.25, 0.3) is 11.5 Å². The largest absolute Gasteiger partial charge is 0.497 e. The molecule has 0 saturated heterocycles. The number of nitrogens with zero attached hydrogens (tertiary/aromatic N) is 4. The molecule has 2 aromatic heterocycles. The third kappa shape index (κ3) is 4.16. The minimum absolute atomic E-state index is 0.192. The predicted octanol–water partition coefficient (Wildman–Crippen LogP) is 2.47. The standard InChI is InChI=1S/C23H19N5O3/c1-31-19-8-6-17(7-9-19)20-14-21-23(30)27(12-13-28(21)26-20)11-10-25-22(29)18-4-2-16(15-24)3-5-18/h2-9,12-14H,10-11H2,1H3,(H,25,29). The zero-order valence-corrected chi connectivity index (χ0v) is 16.8. The van der Waals surface area contributed by atoms with E-state index in [4.69, 9.17) is 10.00 Å². The van der Waals surface area contributed by atoms with Crippen LogP contribution >= 0.6 is 0 Å². The van der Waals surface area contributed by atoms with Crippen molar-refractivity contribution in [3.63, 3.8) is 0 Å². The molecule has 1 N–H and O–H groups in total. The van der Waals surface area contributed by atoms with Crippen LogP contribution in [0, 0.1) is 11.3 Å². The van der Waals surface area contributed by atoms with Crippen LogP contribution in [0.3, 0.4) is 0 Å². The summed E-state index contributed by atoms with van der Waals surface area (Å²) in [6, 6.07) is 17.6. The average Bonchev–Trinajstić information content (AvgIpc) is 3.26. The summed E-state index contributed by atoms with van der Waals surface area (Å²) in [6.45, 7) is 0.606. The summed E-state index contributed by atoms with van der Waals surface area (Å²) >= 11 is 0. The number of methoxy groups -OCH3 is 1. The Morgan fingerprint density at radius 2 is 1.87 bits per heavy atom. The second-order valence-corrected chi connectivity index (χ2v) is 6.83. The number of nitriles is 1. The molecular formula is C23H19N5O3. The first-order valence-corrected chi connectivity index (χ1v) is 9.60. The molecule has 0 atom stereocenters. The number of ether oxygens (including phenoxy) is 1. The van der Waals surface area contributed by atoms with E-state index in [2.05, 4.69) is 10.4 Å². The molecule has 4 aromatic rings. The van der Waals surface area contributed by atoms with Gasteiger partial charge in [-0.25, -0.2) is 4.52 Å². The number of rotatable bonds is 6. The molecule has 0 saturated carbocycles. The van der Waals surface area contributed by atoms with Crippen molar-refractivity contribution < 1.29 is 9.53 Å². The Bertz CT molecular complexity index is 1330. The van der Waals surface area contributed by atoms with Gasteiger partial charge in [0.1, 0.15) is 11.3 Å². The molecule has 1 amide bonds. The Labute approximate surface area is 177 Å². The molecule has 0 radical (unpaired) electrons. The SMILES string of the molecule is COc1ccc(-c2cc3c(=O)n(CCNC(=O)c4ccc(C#N)cc4)ccn3n2)cc1. The van der Waals surface area contributed by atoms with Crippen LogP contribution < -0.4 is 15.6 Å². The molecule has 0 spiro atoms. The molecule has 0 fully saturated rings. The Balaban J connectivity index is 1.46. The van der Waals surface area contributed by atoms with Crippen LogP contribution in [0.25, 0.3) is 16.8 Å². The molecule has 154 valence electrons. The number of hydrogen-bond acceptors (Lipinski definition) is 5. The van der Waals surface area contributed by atoms with Crippen molar-refractivity contribution >= 4 is 11.4 Å². The first-order chi connectivity index (χ1) is 15.1. The summed E-state index contributed by atoms with van der Waals surface area (Å²) in [5, 5.41) is 16.1. The van der Waals surface area contributed by atoms with Crippen molar-refractivity contribution in [2.75, 3.05) is 13.7 Å². The highest BCUT2D eigenvalue weighted by atomic mass is 16.5. The average molecular weight is 413 g/mol. The zero-order valence-electron chi connectivity index (χ0n) is 16.8. The monoisotopic (exact) mass is 413 g/mol. The highest BCUT2D eigenvalue weighted by molar-refractivity contribution is 5.94. The number of carbonyl (C=O) groups is 1. The van der Waals surface area contributed by atoms with E-state index in [1.54, 1.807) is 54.4 Å². The van der Waals surface area contributed by atoms with Crippen LogP contribution in [0.1, 0.15) is 15.9 Å². The minimum atomic E-state index is -0.259. The highest BCUT2D eigenvalue weighted by Crippen LogP contribution is 2.21. The second kappa shape index (κ2) is 8.55. The Hall–Kier alpha value is -4.38. The first kappa shape index (κ1) is 19.9. The van der Waals surface area contributed by atoms with E-state index in [0.717, 1.165) is 11.3 Å². The number of carbonyl (C=O) groups excluding carboxylic acids is 1. The molecule has 0 bridgehead atoms. The molecule has 4 rings (SSSR count). The summed E-state index contributed by atoms with van der Waals surface area (Å²) in [4.78, 5) is 25.1. The minimum Gasteiger partial charge on any atom is -0.497 e. The third-order valence-corrected chi connectivity index (χ3v) is 4.90. The van der Waals surface area contributed by atoms with Crippen LogP contribution in [0.4, 0.5) is 0 Å². The number of amides is 1. The third-order valence-electron chi connectivity index (χ3n) is 4.90. The van der Waals surface area contributed by atoms with Crippen LogP contribution in [-0.4, -0.2) is 33.7 Å². The van der Waals surface area contributed by atoms with Crippen LogP contribution in [-0.2, 0) is 6.54 Å². The maximum Gasteiger partial charge on any atom is 0.276 e. The molecular weight excluding hydrogens is 394 g/mol. The van der Waals surface area contributed by atoms with Gasteiger partial charge in [-0.05, 0) is 54.6 Å². The molecule has 0 unspecified atom stereocenters. The van der Waals surface area contributed by atoms with Gasteiger partial charge in [-0.3, -0.25) is 9.59 Å². The van der Waals surface area contributed by atoms with Crippen molar-refractivity contribution in [2.24, 2.45) is 0 Å². The summed E-state index contributed by atoms with van der Waals surface area (Å²) in [5.41, 5.74) is 2.78. The summed E-state index contributed by atoms with van der Waals surface area (Å²) < 4.78 is 8.25. The van der Waals surface area contributed by atoms with Gasteiger partial charge in [0.2, 0.25) is 0 Å². The Kier molecular flexibility index (Phi) is 5.49. The van der Waals surface area contributed by atoms with E-state index in [1.807, 2.05) is 30.3 Å². The lowest BCUT2D eigenvalue weighted by Gasteiger charge is -2.08. The van der Waals surface area contributed by atoms with Crippen molar-refractivity contribution in [1.82, 2.24) is 19.5 Å². The summed E-state index contributed by atoms with van der Waals surface area (Å²) in [6.07, 6.45) is 3.36. The normalized spacial score (nSPS) is 10.6. The lowest BCUT2D eigenvalue weighted by Crippen LogP contribution is -2.31. The van der Waals surface area contributed by atoms with Crippen molar-refractivity contribution in [2.45, 2.75) is 6.54 Å². The second-order valence-electron chi connectivity index (χ2n) is 6.83. The van der Waals surface area contributed by atoms with E-state index in [-0.39, 0.29) is 18.0 Å². The van der Waals surface area contributed by atoms with Gasteiger partial charge >= 0.3 is 0 Å². The van der Waals surface area contributed by atoms with E-state index < -0.39 is 0 Å². The highest BCUT2D eigenvalue weighted by Gasteiger charge is 2.10. The molecule has 31 heavy (non-hydrogen) atoms. The predicted molar refractivity (Wildman–Crippen MR) is 115 cm³/mol. The van der Waals surface area contributed by atoms with Gasteiger partial charge < -0.3 is 14.6 Å². The quantitative estimate of drug-likeness (QED) is 0.523. The molecule has 0 aliphatic heterocycles. The van der Waals surface area contributed by atoms with E-state index >= 15 is 0 Å². The van der Waals surface area contributed by atoms with Crippen molar-refractivity contribution in [3.05, 3.63) is 88.5 Å². The topological polar surface area (TPSA) is 101 Å². The van der Waals surface area contributed by atoms with Crippen molar-refractivity contribution in [1.29, 1.82) is 5.26 Å². The number of nitrogens with one attached hydrogen (secondary N) is 1. The summed E-state index contributed by atoms with van der Waals surface area (Å²) in [7, 11) is 1.61. The van der Waals surface area contributed by atoms with Crippen molar-refractivity contribution in [3.8, 4) is 23.1 Å². The van der Waals surface area contributed by atoms with Crippen LogP contribution in [0.2, 0.25) is 0 Å². The fraction of sp³-hybridized carbons (Fsp3) is 0.130. The van der Waals surface area contributed by atoms with Crippen LogP contribution in [0.15, 0.2) is 71.8 Å². The molecule has 2 heterocycles. The number of fused-ring (bicyclic) bond motifs is 1. The molecule has 0 aliphatic rings. The fourth-order valence-electron chi connectivity index (χ4n) is 3.19. The maximum absolute atomic E-state index is 12.8. The zero-order chi connectivity index (χ0) is 21.8. The van der Waals surface area contributed by atoms with Gasteiger partial charge in [-0.1, -0.05) is 0 Å². The van der Waals surface area contributed by atoms with Crippen LogP contribution in [0.5, 0.6) is 5.75 Å². The smallest absolute Gasteiger partial charge is 0.276 e. The Morgan fingerprint density at radius 1 is 1.13 bits per heavy atom. The first-order valence-electron chi connectivity index (χ1n) is 9.60. The molecule has 2 aromatic carbocycles. The lowest BCUT2D eigenvalue weighted by atomic mass is 10.1. The van der Waals surface area contributed by atoms with Gasteiger partial charge in [0.15, 0.2) is 0 Å². The maximum atomic E-state index is 12.8. The van der Waals surface area contributed by atoms with E-state index in [9.17, 15) is 9.59 Å². The van der Waals surface area contributed by atoms with Gasteiger partial charge in [-0.15, -0.1) is 0 Å². The molecule has 8 nitrogen and oxygen atoms in total. The van der Waals surface area contributed by atoms with E-state index in [1.165, 1.54) is 4.57 Å².